The minimum atomic E-state index is -0.215. The topological polar surface area (TPSA) is 28.4 Å². The second-order valence-corrected chi connectivity index (χ2v) is 5.70. The Bertz CT molecular complexity index is 567. The zero-order valence-corrected chi connectivity index (χ0v) is 12.6. The van der Waals surface area contributed by atoms with Gasteiger partial charge >= 0.3 is 0 Å². The van der Waals surface area contributed by atoms with Crippen molar-refractivity contribution in [3.63, 3.8) is 0 Å². The van der Waals surface area contributed by atoms with Crippen LogP contribution in [0.2, 0.25) is 0 Å². The lowest BCUT2D eigenvalue weighted by atomic mass is 10.0. The summed E-state index contributed by atoms with van der Waals surface area (Å²) >= 11 is 3.27. The van der Waals surface area contributed by atoms with Crippen molar-refractivity contribution in [1.29, 1.82) is 0 Å². The minimum Gasteiger partial charge on any atom is -0.467 e. The molecular formula is C15H16BrFN2O. The minimum absolute atomic E-state index is 0.176. The monoisotopic (exact) mass is 338 g/mol. The fourth-order valence-electron chi connectivity index (χ4n) is 2.65. The summed E-state index contributed by atoms with van der Waals surface area (Å²) in [6.07, 6.45) is 1.64. The van der Waals surface area contributed by atoms with Gasteiger partial charge in [-0.15, -0.1) is 0 Å². The molecule has 1 aliphatic heterocycles. The Morgan fingerprint density at radius 3 is 2.70 bits per heavy atom. The zero-order valence-electron chi connectivity index (χ0n) is 11.0. The first-order chi connectivity index (χ1) is 9.77. The number of rotatable bonds is 3. The van der Waals surface area contributed by atoms with E-state index in [1.165, 1.54) is 0 Å². The number of hydrogen-bond donors (Lipinski definition) is 1. The van der Waals surface area contributed by atoms with Gasteiger partial charge in [-0.1, -0.05) is 12.1 Å². The van der Waals surface area contributed by atoms with E-state index in [-0.39, 0.29) is 11.9 Å². The lowest BCUT2D eigenvalue weighted by molar-refractivity contribution is 0.177. The molecule has 3 nitrogen and oxygen atoms in total. The van der Waals surface area contributed by atoms with Crippen LogP contribution < -0.4 is 5.32 Å². The number of furan rings is 1. The van der Waals surface area contributed by atoms with Crippen LogP contribution in [0.4, 0.5) is 4.39 Å². The molecular weight excluding hydrogens is 323 g/mol. The highest BCUT2D eigenvalue weighted by molar-refractivity contribution is 9.10. The molecule has 5 heteroatoms. The molecule has 1 saturated heterocycles. The zero-order chi connectivity index (χ0) is 13.9. The molecule has 0 amide bonds. The molecule has 2 heterocycles. The molecule has 1 N–H and O–H groups in total. The summed E-state index contributed by atoms with van der Waals surface area (Å²) in [5.41, 5.74) is 0.649. The van der Waals surface area contributed by atoms with Crippen molar-refractivity contribution in [3.05, 3.63) is 58.2 Å². The Kier molecular flexibility index (Phi) is 4.19. The van der Waals surface area contributed by atoms with Crippen molar-refractivity contribution in [2.24, 2.45) is 0 Å². The second kappa shape index (κ2) is 6.08. The van der Waals surface area contributed by atoms with Crippen LogP contribution in [0, 0.1) is 5.82 Å². The maximum atomic E-state index is 14.5. The predicted octanol–water partition coefficient (Wildman–Crippen LogP) is 3.18. The number of benzene rings is 1. The van der Waals surface area contributed by atoms with Crippen molar-refractivity contribution in [1.82, 2.24) is 10.2 Å². The third-order valence-corrected chi connectivity index (χ3v) is 4.22. The van der Waals surface area contributed by atoms with Crippen molar-refractivity contribution in [2.45, 2.75) is 6.04 Å². The van der Waals surface area contributed by atoms with Gasteiger partial charge in [-0.25, -0.2) is 4.39 Å². The molecule has 0 bridgehead atoms. The molecule has 1 atom stereocenters. The van der Waals surface area contributed by atoms with Crippen LogP contribution in [-0.2, 0) is 0 Å². The molecule has 1 aromatic heterocycles. The normalized spacial score (nSPS) is 18.1. The molecule has 0 spiro atoms. The molecule has 0 aliphatic carbocycles. The standard InChI is InChI=1S/C15H16BrFN2O/c16-12-4-1-3-11(14(12)17)15(13-5-2-10-20-13)19-8-6-18-7-9-19/h1-5,10,15,18H,6-9H2/t15-/m1/s1. The molecule has 0 radical (unpaired) electrons. The van der Waals surface area contributed by atoms with Crippen LogP contribution in [0.5, 0.6) is 0 Å². The van der Waals surface area contributed by atoms with Gasteiger partial charge in [0.2, 0.25) is 0 Å². The van der Waals surface area contributed by atoms with Crippen molar-refractivity contribution in [3.8, 4) is 0 Å². The van der Waals surface area contributed by atoms with Gasteiger partial charge in [0.15, 0.2) is 0 Å². The largest absolute Gasteiger partial charge is 0.467 e. The van der Waals surface area contributed by atoms with Crippen LogP contribution in [-0.4, -0.2) is 31.1 Å². The number of nitrogens with zero attached hydrogens (tertiary/aromatic N) is 1. The van der Waals surface area contributed by atoms with Gasteiger partial charge in [-0.3, -0.25) is 4.90 Å². The SMILES string of the molecule is Fc1c(Br)cccc1[C@H](c1ccco1)N1CCNCC1. The molecule has 106 valence electrons. The van der Waals surface area contributed by atoms with Gasteiger partial charge in [-0.2, -0.15) is 0 Å². The quantitative estimate of drug-likeness (QED) is 0.931. The highest BCUT2D eigenvalue weighted by Crippen LogP contribution is 2.33. The number of piperazine rings is 1. The lowest BCUT2D eigenvalue weighted by Gasteiger charge is -2.34. The van der Waals surface area contributed by atoms with Gasteiger partial charge in [0.05, 0.1) is 16.8 Å². The summed E-state index contributed by atoms with van der Waals surface area (Å²) in [6, 6.07) is 8.99. The average molecular weight is 339 g/mol. The van der Waals surface area contributed by atoms with E-state index < -0.39 is 0 Å². The third kappa shape index (κ3) is 2.66. The van der Waals surface area contributed by atoms with E-state index in [1.807, 2.05) is 24.3 Å². The first-order valence-electron chi connectivity index (χ1n) is 6.69. The highest BCUT2D eigenvalue weighted by atomic mass is 79.9. The van der Waals surface area contributed by atoms with Gasteiger partial charge in [0.1, 0.15) is 11.6 Å². The summed E-state index contributed by atoms with van der Waals surface area (Å²) < 4.78 is 20.5. The lowest BCUT2D eigenvalue weighted by Crippen LogP contribution is -2.45. The number of halogens is 2. The van der Waals surface area contributed by atoms with Gasteiger partial charge < -0.3 is 9.73 Å². The van der Waals surface area contributed by atoms with E-state index in [1.54, 1.807) is 12.3 Å². The predicted molar refractivity (Wildman–Crippen MR) is 79.1 cm³/mol. The van der Waals surface area contributed by atoms with Gasteiger partial charge in [-0.05, 0) is 34.1 Å². The van der Waals surface area contributed by atoms with E-state index in [2.05, 4.69) is 26.1 Å². The Hall–Kier alpha value is -1.17. The van der Waals surface area contributed by atoms with Crippen LogP contribution in [0.15, 0.2) is 45.5 Å². The van der Waals surface area contributed by atoms with E-state index in [0.717, 1.165) is 31.9 Å². The van der Waals surface area contributed by atoms with Crippen LogP contribution >= 0.6 is 15.9 Å². The van der Waals surface area contributed by atoms with Crippen LogP contribution in [0.3, 0.4) is 0 Å². The Balaban J connectivity index is 2.03. The molecule has 20 heavy (non-hydrogen) atoms. The maximum absolute atomic E-state index is 14.5. The maximum Gasteiger partial charge on any atom is 0.142 e. The van der Waals surface area contributed by atoms with E-state index >= 15 is 0 Å². The molecule has 1 aliphatic rings. The number of nitrogens with one attached hydrogen (secondary N) is 1. The third-order valence-electron chi connectivity index (χ3n) is 3.61. The molecule has 1 fully saturated rings. The summed E-state index contributed by atoms with van der Waals surface area (Å²) in [6.45, 7) is 3.56. The fraction of sp³-hybridized carbons (Fsp3) is 0.333. The molecule has 0 unspecified atom stereocenters. The Morgan fingerprint density at radius 2 is 2.00 bits per heavy atom. The summed E-state index contributed by atoms with van der Waals surface area (Å²) in [5.74, 6) is 0.566. The van der Waals surface area contributed by atoms with Crippen LogP contribution in [0.25, 0.3) is 0 Å². The van der Waals surface area contributed by atoms with Crippen molar-refractivity contribution in [2.75, 3.05) is 26.2 Å². The number of hydrogen-bond acceptors (Lipinski definition) is 3. The molecule has 3 rings (SSSR count). The Labute approximate surface area is 125 Å². The second-order valence-electron chi connectivity index (χ2n) is 4.85. The first-order valence-corrected chi connectivity index (χ1v) is 7.49. The van der Waals surface area contributed by atoms with E-state index in [0.29, 0.717) is 10.0 Å². The molecule has 0 saturated carbocycles. The Morgan fingerprint density at radius 1 is 1.20 bits per heavy atom. The summed E-state index contributed by atoms with van der Waals surface area (Å²) in [7, 11) is 0. The van der Waals surface area contributed by atoms with Crippen molar-refractivity contribution < 1.29 is 8.81 Å². The molecule has 1 aromatic carbocycles. The van der Waals surface area contributed by atoms with E-state index in [9.17, 15) is 4.39 Å². The summed E-state index contributed by atoms with van der Waals surface area (Å²) in [5, 5.41) is 3.32. The van der Waals surface area contributed by atoms with Gasteiger partial charge in [0.25, 0.3) is 0 Å². The fourth-order valence-corrected chi connectivity index (χ4v) is 3.03. The first kappa shape index (κ1) is 13.8. The van der Waals surface area contributed by atoms with Crippen LogP contribution in [0.1, 0.15) is 17.4 Å². The summed E-state index contributed by atoms with van der Waals surface area (Å²) in [4.78, 5) is 2.25. The van der Waals surface area contributed by atoms with Crippen molar-refractivity contribution >= 4 is 15.9 Å². The average Bonchev–Trinajstić information content (AvgIpc) is 2.99. The van der Waals surface area contributed by atoms with E-state index in [4.69, 9.17) is 4.42 Å². The molecule has 2 aromatic rings. The van der Waals surface area contributed by atoms with Gasteiger partial charge in [0, 0.05) is 31.7 Å². The highest BCUT2D eigenvalue weighted by Gasteiger charge is 2.28. The smallest absolute Gasteiger partial charge is 0.142 e.